The molecule has 146 valence electrons. The normalized spacial score (nSPS) is 10.4. The number of anilines is 2. The van der Waals surface area contributed by atoms with E-state index in [2.05, 4.69) is 12.2 Å². The van der Waals surface area contributed by atoms with Gasteiger partial charge in [-0.05, 0) is 55.3 Å². The summed E-state index contributed by atoms with van der Waals surface area (Å²) in [7, 11) is 0. The van der Waals surface area contributed by atoms with E-state index in [1.165, 1.54) is 19.3 Å². The minimum absolute atomic E-state index is 0.211. The first-order valence-electron chi connectivity index (χ1n) is 9.70. The van der Waals surface area contributed by atoms with Crippen molar-refractivity contribution in [3.05, 3.63) is 48.0 Å². The van der Waals surface area contributed by atoms with Crippen LogP contribution < -0.4 is 20.5 Å². The van der Waals surface area contributed by atoms with Gasteiger partial charge in [-0.25, -0.2) is 0 Å². The van der Waals surface area contributed by atoms with Crippen LogP contribution in [0.1, 0.15) is 56.3 Å². The van der Waals surface area contributed by atoms with Crippen LogP contribution in [0.25, 0.3) is 0 Å². The second-order valence-corrected chi connectivity index (χ2v) is 6.49. The molecule has 0 saturated carbocycles. The second kappa shape index (κ2) is 11.1. The maximum atomic E-state index is 12.4. The van der Waals surface area contributed by atoms with Crippen molar-refractivity contribution < 1.29 is 14.3 Å². The first kappa shape index (κ1) is 20.6. The van der Waals surface area contributed by atoms with Crippen LogP contribution in [0.15, 0.2) is 42.5 Å². The summed E-state index contributed by atoms with van der Waals surface area (Å²) in [4.78, 5) is 12.4. The molecule has 5 nitrogen and oxygen atoms in total. The number of benzene rings is 2. The number of carbonyl (C=O) groups is 1. The summed E-state index contributed by atoms with van der Waals surface area (Å²) in [5, 5.41) is 2.87. The van der Waals surface area contributed by atoms with Gasteiger partial charge >= 0.3 is 0 Å². The van der Waals surface area contributed by atoms with Crippen LogP contribution in [0.3, 0.4) is 0 Å². The molecule has 3 N–H and O–H groups in total. The van der Waals surface area contributed by atoms with Gasteiger partial charge in [0.1, 0.15) is 11.5 Å². The van der Waals surface area contributed by atoms with Gasteiger partial charge in [0.25, 0.3) is 5.91 Å². The average molecular weight is 370 g/mol. The molecular formula is C22H30N2O3. The van der Waals surface area contributed by atoms with E-state index in [1.807, 2.05) is 31.2 Å². The molecule has 0 fully saturated rings. The highest BCUT2D eigenvalue weighted by atomic mass is 16.5. The number of nitrogens with two attached hydrogens (primary N) is 1. The third-order valence-corrected chi connectivity index (χ3v) is 4.11. The molecule has 0 saturated heterocycles. The third-order valence-electron chi connectivity index (χ3n) is 4.11. The molecule has 0 aromatic heterocycles. The fourth-order valence-electron chi connectivity index (χ4n) is 2.59. The Morgan fingerprint density at radius 3 is 2.37 bits per heavy atom. The molecule has 0 aliphatic carbocycles. The number of rotatable bonds is 11. The van der Waals surface area contributed by atoms with E-state index in [0.29, 0.717) is 29.3 Å². The summed E-state index contributed by atoms with van der Waals surface area (Å²) in [6, 6.07) is 12.5. The molecule has 0 bridgehead atoms. The molecule has 0 unspecified atom stereocenters. The van der Waals surface area contributed by atoms with Crippen LogP contribution in [-0.4, -0.2) is 19.1 Å². The topological polar surface area (TPSA) is 73.6 Å². The zero-order chi connectivity index (χ0) is 19.5. The number of carbonyl (C=O) groups excluding carboxylic acids is 1. The minimum atomic E-state index is -0.211. The Labute approximate surface area is 161 Å². The Kier molecular flexibility index (Phi) is 8.49. The van der Waals surface area contributed by atoms with Gasteiger partial charge in [0.05, 0.1) is 18.9 Å². The van der Waals surface area contributed by atoms with Crippen LogP contribution in [0.4, 0.5) is 11.4 Å². The molecule has 0 atom stereocenters. The molecule has 1 amide bonds. The molecule has 0 spiro atoms. The van der Waals surface area contributed by atoms with Crippen LogP contribution in [0, 0.1) is 0 Å². The summed E-state index contributed by atoms with van der Waals surface area (Å²) >= 11 is 0. The fraction of sp³-hybridized carbons (Fsp3) is 0.409. The lowest BCUT2D eigenvalue weighted by atomic mass is 10.1. The number of nitrogens with one attached hydrogen (secondary N) is 1. The lowest BCUT2D eigenvalue weighted by molar-refractivity contribution is 0.102. The van der Waals surface area contributed by atoms with Gasteiger partial charge in [-0.15, -0.1) is 0 Å². The first-order chi connectivity index (χ1) is 13.1. The van der Waals surface area contributed by atoms with E-state index in [0.717, 1.165) is 25.2 Å². The molecule has 5 heteroatoms. The van der Waals surface area contributed by atoms with Gasteiger partial charge in [-0.3, -0.25) is 4.79 Å². The van der Waals surface area contributed by atoms with Gasteiger partial charge in [0.2, 0.25) is 0 Å². The molecule has 2 aromatic rings. The van der Waals surface area contributed by atoms with E-state index in [-0.39, 0.29) is 5.91 Å². The largest absolute Gasteiger partial charge is 0.494 e. The van der Waals surface area contributed by atoms with Crippen LogP contribution in [-0.2, 0) is 0 Å². The number of amides is 1. The molecule has 2 rings (SSSR count). The lowest BCUT2D eigenvalue weighted by Crippen LogP contribution is -2.12. The molecule has 0 aliphatic rings. The molecule has 27 heavy (non-hydrogen) atoms. The smallest absolute Gasteiger partial charge is 0.255 e. The number of hydrogen-bond acceptors (Lipinski definition) is 4. The van der Waals surface area contributed by atoms with Crippen molar-refractivity contribution in [2.24, 2.45) is 0 Å². The lowest BCUT2D eigenvalue weighted by Gasteiger charge is -2.11. The Morgan fingerprint density at radius 2 is 1.70 bits per heavy atom. The quantitative estimate of drug-likeness (QED) is 0.417. The van der Waals surface area contributed by atoms with E-state index in [9.17, 15) is 4.79 Å². The third kappa shape index (κ3) is 6.85. The van der Waals surface area contributed by atoms with Crippen molar-refractivity contribution >= 4 is 17.3 Å². The van der Waals surface area contributed by atoms with Gasteiger partial charge < -0.3 is 20.5 Å². The van der Waals surface area contributed by atoms with E-state index < -0.39 is 0 Å². The zero-order valence-electron chi connectivity index (χ0n) is 16.3. The second-order valence-electron chi connectivity index (χ2n) is 6.49. The van der Waals surface area contributed by atoms with Crippen molar-refractivity contribution in [1.29, 1.82) is 0 Å². The predicted octanol–water partition coefficient (Wildman–Crippen LogP) is 5.27. The Balaban J connectivity index is 1.87. The van der Waals surface area contributed by atoms with Gasteiger partial charge in [0.15, 0.2) is 0 Å². The summed E-state index contributed by atoms with van der Waals surface area (Å²) in [6.07, 6.45) is 5.61. The van der Waals surface area contributed by atoms with Crippen LogP contribution >= 0.6 is 0 Å². The van der Waals surface area contributed by atoms with Crippen molar-refractivity contribution in [2.45, 2.75) is 46.0 Å². The highest BCUT2D eigenvalue weighted by Crippen LogP contribution is 2.24. The van der Waals surface area contributed by atoms with Crippen molar-refractivity contribution in [1.82, 2.24) is 0 Å². The average Bonchev–Trinajstić information content (AvgIpc) is 2.68. The van der Waals surface area contributed by atoms with Crippen LogP contribution in [0.5, 0.6) is 11.5 Å². The highest BCUT2D eigenvalue weighted by molar-refractivity contribution is 6.05. The molecule has 0 radical (unpaired) electrons. The van der Waals surface area contributed by atoms with Gasteiger partial charge in [-0.2, -0.15) is 0 Å². The SMILES string of the molecule is CCCCCCOc1ccc(NC(=O)c2ccc(OCCC)c(N)c2)cc1. The van der Waals surface area contributed by atoms with Crippen molar-refractivity contribution in [2.75, 3.05) is 24.3 Å². The number of nitrogen functional groups attached to an aromatic ring is 1. The first-order valence-corrected chi connectivity index (χ1v) is 9.70. The van der Waals surface area contributed by atoms with Crippen molar-refractivity contribution in [3.63, 3.8) is 0 Å². The molecule has 0 aliphatic heterocycles. The fourth-order valence-corrected chi connectivity index (χ4v) is 2.59. The number of hydrogen-bond donors (Lipinski definition) is 2. The zero-order valence-corrected chi connectivity index (χ0v) is 16.3. The maximum absolute atomic E-state index is 12.4. The summed E-state index contributed by atoms with van der Waals surface area (Å²) in [5.41, 5.74) is 7.63. The molecule has 0 heterocycles. The standard InChI is InChI=1S/C22H30N2O3/c1-3-5-6-7-15-26-19-11-9-18(10-12-19)24-22(25)17-8-13-21(20(23)16-17)27-14-4-2/h8-13,16H,3-7,14-15,23H2,1-2H3,(H,24,25). The minimum Gasteiger partial charge on any atom is -0.494 e. The highest BCUT2D eigenvalue weighted by Gasteiger charge is 2.09. The maximum Gasteiger partial charge on any atom is 0.255 e. The van der Waals surface area contributed by atoms with E-state index in [4.69, 9.17) is 15.2 Å². The van der Waals surface area contributed by atoms with E-state index >= 15 is 0 Å². The Hall–Kier alpha value is -2.69. The predicted molar refractivity (Wildman–Crippen MR) is 111 cm³/mol. The molecular weight excluding hydrogens is 340 g/mol. The molecule has 2 aromatic carbocycles. The van der Waals surface area contributed by atoms with E-state index in [1.54, 1.807) is 18.2 Å². The summed E-state index contributed by atoms with van der Waals surface area (Å²) in [6.45, 7) is 5.54. The number of ether oxygens (including phenoxy) is 2. The Bertz CT molecular complexity index is 714. The Morgan fingerprint density at radius 1 is 0.926 bits per heavy atom. The van der Waals surface area contributed by atoms with Gasteiger partial charge in [-0.1, -0.05) is 33.1 Å². The summed E-state index contributed by atoms with van der Waals surface area (Å²) in [5.74, 6) is 1.21. The van der Waals surface area contributed by atoms with Gasteiger partial charge in [0, 0.05) is 11.3 Å². The van der Waals surface area contributed by atoms with Crippen molar-refractivity contribution in [3.8, 4) is 11.5 Å². The summed E-state index contributed by atoms with van der Waals surface area (Å²) < 4.78 is 11.3. The monoisotopic (exact) mass is 370 g/mol. The number of unbranched alkanes of at least 4 members (excludes halogenated alkanes) is 3. The van der Waals surface area contributed by atoms with Crippen LogP contribution in [0.2, 0.25) is 0 Å².